The van der Waals surface area contributed by atoms with Gasteiger partial charge in [-0.1, -0.05) is 0 Å². The minimum absolute atomic E-state index is 0.0104. The van der Waals surface area contributed by atoms with Crippen LogP contribution in [0.5, 0.6) is 0 Å². The van der Waals surface area contributed by atoms with Crippen LogP contribution < -0.4 is 0 Å². The van der Waals surface area contributed by atoms with Gasteiger partial charge in [-0.05, 0) is 31.8 Å². The van der Waals surface area contributed by atoms with Crippen molar-refractivity contribution in [3.63, 3.8) is 0 Å². The maximum atomic E-state index is 10.9. The van der Waals surface area contributed by atoms with Crippen LogP contribution in [0.1, 0.15) is 19.3 Å². The molecule has 3 saturated heterocycles. The van der Waals surface area contributed by atoms with Gasteiger partial charge in [0.25, 0.3) is 0 Å². The van der Waals surface area contributed by atoms with Gasteiger partial charge in [0.1, 0.15) is 67.1 Å². The van der Waals surface area contributed by atoms with Gasteiger partial charge < -0.3 is 85.1 Å². The zero-order valence-electron chi connectivity index (χ0n) is 23.4. The molecule has 18 heteroatoms. The second-order valence-corrected chi connectivity index (χ2v) is 11.3. The van der Waals surface area contributed by atoms with E-state index in [1.165, 1.54) is 0 Å². The molecular formula is C25H45NO17. The molecule has 0 bridgehead atoms. The van der Waals surface area contributed by atoms with Gasteiger partial charge in [0.15, 0.2) is 12.6 Å². The Morgan fingerprint density at radius 2 is 1.26 bits per heavy atom. The molecule has 0 amide bonds. The SMILES string of the molecule is O=C(O)CC1CCN(CC(O)[C@@H](O)[C@H](O)[C@H](O)CO[C@@H]2O[C@H](CO[C@@H]3O[C@H](CO)[C@@H](O)[C@H](O)[C@H]3O)[C@@H](O)[C@H](O)[C@H]2O)CC1. The molecule has 0 spiro atoms. The molecule has 12 N–H and O–H groups in total. The fraction of sp³-hybridized carbons (Fsp3) is 0.960. The highest BCUT2D eigenvalue weighted by Gasteiger charge is 2.48. The largest absolute Gasteiger partial charge is 0.481 e. The molecule has 0 aliphatic carbocycles. The van der Waals surface area contributed by atoms with Crippen LogP contribution in [0.3, 0.4) is 0 Å². The second kappa shape index (κ2) is 16.4. The number of carboxylic acids is 1. The Balaban J connectivity index is 1.47. The predicted molar refractivity (Wildman–Crippen MR) is 138 cm³/mol. The van der Waals surface area contributed by atoms with Gasteiger partial charge in [-0.2, -0.15) is 0 Å². The number of piperidine rings is 1. The van der Waals surface area contributed by atoms with Crippen molar-refractivity contribution in [1.82, 2.24) is 4.90 Å². The van der Waals surface area contributed by atoms with Crippen molar-refractivity contribution >= 4 is 5.97 Å². The zero-order valence-corrected chi connectivity index (χ0v) is 23.4. The van der Waals surface area contributed by atoms with Crippen molar-refractivity contribution in [3.8, 4) is 0 Å². The minimum atomic E-state index is -1.90. The standard InChI is InChI=1S/C25H45NO17/c27-7-13-18(34)20(36)22(38)25(42-13)41-9-14-19(35)21(37)23(39)24(43-14)40-8-12(29)17(33)16(32)11(28)6-26-3-1-10(2-4-26)5-15(30)31/h10-14,16-25,27-29,32-39H,1-9H2,(H,30,31)/t11?,12-,13-,14-,16-,17-,18-,19-,20+,21+,22-,23-,24-,25-/m1/s1. The van der Waals surface area contributed by atoms with Crippen LogP contribution in [0.2, 0.25) is 0 Å². The number of nitrogens with zero attached hydrogens (tertiary/aromatic N) is 1. The van der Waals surface area contributed by atoms with Crippen LogP contribution >= 0.6 is 0 Å². The number of ether oxygens (including phenoxy) is 4. The predicted octanol–water partition coefficient (Wildman–Crippen LogP) is -6.74. The highest BCUT2D eigenvalue weighted by molar-refractivity contribution is 5.67. The summed E-state index contributed by atoms with van der Waals surface area (Å²) in [6, 6.07) is 0. The number of aliphatic carboxylic acids is 1. The van der Waals surface area contributed by atoms with E-state index in [0.717, 1.165) is 0 Å². The molecule has 0 aromatic heterocycles. The van der Waals surface area contributed by atoms with Gasteiger partial charge in [0, 0.05) is 13.0 Å². The van der Waals surface area contributed by atoms with Crippen molar-refractivity contribution in [2.75, 3.05) is 39.5 Å². The maximum Gasteiger partial charge on any atom is 0.303 e. The molecule has 0 saturated carbocycles. The smallest absolute Gasteiger partial charge is 0.303 e. The summed E-state index contributed by atoms with van der Waals surface area (Å²) < 4.78 is 21.2. The van der Waals surface area contributed by atoms with Crippen molar-refractivity contribution in [1.29, 1.82) is 0 Å². The van der Waals surface area contributed by atoms with E-state index in [-0.39, 0.29) is 18.9 Å². The summed E-state index contributed by atoms with van der Waals surface area (Å²) in [5.74, 6) is -0.877. The third kappa shape index (κ3) is 9.42. The Morgan fingerprint density at radius 1 is 0.744 bits per heavy atom. The molecule has 0 aromatic carbocycles. The van der Waals surface area contributed by atoms with E-state index >= 15 is 0 Å². The fourth-order valence-corrected chi connectivity index (χ4v) is 5.33. The van der Waals surface area contributed by atoms with E-state index in [2.05, 4.69) is 0 Å². The zero-order chi connectivity index (χ0) is 32.0. The number of β-amino-alcohol motifs (C(OH)–C–C–N with tert-alkyl or cyclic N) is 1. The summed E-state index contributed by atoms with van der Waals surface area (Å²) in [7, 11) is 0. The number of carboxylic acid groups (broad SMARTS) is 1. The van der Waals surface area contributed by atoms with Crippen LogP contribution in [0, 0.1) is 5.92 Å². The van der Waals surface area contributed by atoms with E-state index in [9.17, 15) is 61.0 Å². The summed E-state index contributed by atoms with van der Waals surface area (Å²) >= 11 is 0. The Morgan fingerprint density at radius 3 is 1.81 bits per heavy atom. The molecule has 43 heavy (non-hydrogen) atoms. The van der Waals surface area contributed by atoms with Gasteiger partial charge >= 0.3 is 5.97 Å². The van der Waals surface area contributed by atoms with E-state index in [1.807, 2.05) is 0 Å². The van der Waals surface area contributed by atoms with Crippen LogP contribution in [0.25, 0.3) is 0 Å². The Kier molecular flexibility index (Phi) is 13.9. The number of aliphatic hydroxyl groups excluding tert-OH is 11. The quantitative estimate of drug-likeness (QED) is 0.0847. The molecule has 3 heterocycles. The number of hydrogen-bond donors (Lipinski definition) is 12. The summed E-state index contributed by atoms with van der Waals surface area (Å²) in [6.45, 7) is -1.14. The van der Waals surface area contributed by atoms with Crippen molar-refractivity contribution in [2.24, 2.45) is 5.92 Å². The number of likely N-dealkylation sites (tertiary alicyclic amines) is 1. The highest BCUT2D eigenvalue weighted by Crippen LogP contribution is 2.26. The molecule has 252 valence electrons. The lowest BCUT2D eigenvalue weighted by Crippen LogP contribution is -2.62. The van der Waals surface area contributed by atoms with E-state index in [1.54, 1.807) is 4.90 Å². The number of aliphatic hydroxyl groups is 11. The van der Waals surface area contributed by atoms with Gasteiger partial charge in [0.05, 0.1) is 25.9 Å². The second-order valence-electron chi connectivity index (χ2n) is 11.3. The van der Waals surface area contributed by atoms with Crippen LogP contribution in [0.15, 0.2) is 0 Å². The number of carbonyl (C=O) groups is 1. The first kappa shape index (κ1) is 36.3. The van der Waals surface area contributed by atoms with E-state index in [0.29, 0.717) is 25.9 Å². The summed E-state index contributed by atoms with van der Waals surface area (Å²) in [6.07, 6.45) is -22.2. The first-order valence-electron chi connectivity index (χ1n) is 14.1. The Bertz CT molecular complexity index is 847. The maximum absolute atomic E-state index is 10.9. The van der Waals surface area contributed by atoms with Gasteiger partial charge in [-0.25, -0.2) is 0 Å². The number of hydrogen-bond acceptors (Lipinski definition) is 17. The third-order valence-electron chi connectivity index (χ3n) is 8.13. The lowest BCUT2D eigenvalue weighted by Gasteiger charge is -2.42. The molecule has 18 nitrogen and oxygen atoms in total. The van der Waals surface area contributed by atoms with Gasteiger partial charge in [0.2, 0.25) is 0 Å². The third-order valence-corrected chi connectivity index (χ3v) is 8.13. The molecule has 1 unspecified atom stereocenters. The van der Waals surface area contributed by atoms with Crippen LogP contribution in [-0.2, 0) is 23.7 Å². The van der Waals surface area contributed by atoms with E-state index in [4.69, 9.17) is 24.1 Å². The number of rotatable bonds is 14. The summed E-state index contributed by atoms with van der Waals surface area (Å²) in [5, 5.41) is 120. The topological polar surface area (TPSA) is 300 Å². The first-order chi connectivity index (χ1) is 20.2. The lowest BCUT2D eigenvalue weighted by molar-refractivity contribution is -0.333. The Hall–Kier alpha value is -1.17. The van der Waals surface area contributed by atoms with Crippen molar-refractivity contribution < 1.29 is 85.0 Å². The fourth-order valence-electron chi connectivity index (χ4n) is 5.33. The van der Waals surface area contributed by atoms with E-state index < -0.39 is 112 Å². The minimum Gasteiger partial charge on any atom is -0.481 e. The molecular weight excluding hydrogens is 586 g/mol. The van der Waals surface area contributed by atoms with Crippen LogP contribution in [0.4, 0.5) is 0 Å². The molecule has 3 aliphatic heterocycles. The normalized spacial score (nSPS) is 39.2. The van der Waals surface area contributed by atoms with Crippen LogP contribution in [-0.4, -0.2) is 197 Å². The Labute approximate surface area is 246 Å². The molecule has 3 aliphatic rings. The summed E-state index contributed by atoms with van der Waals surface area (Å²) in [4.78, 5) is 12.7. The first-order valence-corrected chi connectivity index (χ1v) is 14.1. The molecule has 14 atom stereocenters. The average molecular weight is 632 g/mol. The van der Waals surface area contributed by atoms with Gasteiger partial charge in [-0.15, -0.1) is 0 Å². The molecule has 0 aromatic rings. The molecule has 0 radical (unpaired) electrons. The average Bonchev–Trinajstić information content (AvgIpc) is 2.98. The van der Waals surface area contributed by atoms with Gasteiger partial charge in [-0.3, -0.25) is 4.79 Å². The highest BCUT2D eigenvalue weighted by atomic mass is 16.7. The van der Waals surface area contributed by atoms with Crippen molar-refractivity contribution in [3.05, 3.63) is 0 Å². The molecule has 3 rings (SSSR count). The van der Waals surface area contributed by atoms with Crippen molar-refractivity contribution in [2.45, 2.75) is 105 Å². The lowest BCUT2D eigenvalue weighted by atomic mass is 9.93. The molecule has 3 fully saturated rings. The summed E-state index contributed by atoms with van der Waals surface area (Å²) in [5.41, 5.74) is 0. The monoisotopic (exact) mass is 631 g/mol.